The van der Waals surface area contributed by atoms with Gasteiger partial charge in [-0.15, -0.1) is 0 Å². The van der Waals surface area contributed by atoms with Crippen LogP contribution >= 0.6 is 11.6 Å². The standard InChI is InChI=1S/C16H15ClFNO/c17-12-3-1-11(15(18)8-12)9-20-13-4-5-14-10(7-13)2-6-16(14)19/h1,3-5,7-8,16H,2,6,9,19H2. The molecule has 0 saturated heterocycles. The number of hydrogen-bond donors (Lipinski definition) is 1. The molecule has 0 amide bonds. The summed E-state index contributed by atoms with van der Waals surface area (Å²) in [4.78, 5) is 0. The summed E-state index contributed by atoms with van der Waals surface area (Å²) in [5.74, 6) is 0.396. The van der Waals surface area contributed by atoms with E-state index < -0.39 is 0 Å². The summed E-state index contributed by atoms with van der Waals surface area (Å²) in [5, 5.41) is 0.387. The average molecular weight is 292 g/mol. The summed E-state index contributed by atoms with van der Waals surface area (Å²) in [6.45, 7) is 0.188. The Hall–Kier alpha value is -1.58. The van der Waals surface area contributed by atoms with Gasteiger partial charge >= 0.3 is 0 Å². The third-order valence-corrected chi connectivity index (χ3v) is 3.88. The molecule has 1 aliphatic carbocycles. The van der Waals surface area contributed by atoms with E-state index >= 15 is 0 Å². The van der Waals surface area contributed by atoms with Crippen molar-refractivity contribution in [2.75, 3.05) is 0 Å². The fourth-order valence-electron chi connectivity index (χ4n) is 2.52. The topological polar surface area (TPSA) is 35.2 Å². The summed E-state index contributed by atoms with van der Waals surface area (Å²) < 4.78 is 19.3. The van der Waals surface area contributed by atoms with E-state index in [1.165, 1.54) is 17.2 Å². The lowest BCUT2D eigenvalue weighted by atomic mass is 10.1. The van der Waals surface area contributed by atoms with E-state index in [0.717, 1.165) is 18.6 Å². The quantitative estimate of drug-likeness (QED) is 0.927. The van der Waals surface area contributed by atoms with Crippen molar-refractivity contribution in [2.45, 2.75) is 25.5 Å². The predicted octanol–water partition coefficient (Wildman–Crippen LogP) is 4.00. The average Bonchev–Trinajstić information content (AvgIpc) is 2.79. The van der Waals surface area contributed by atoms with Gasteiger partial charge in [0.05, 0.1) is 0 Å². The van der Waals surface area contributed by atoms with Crippen LogP contribution in [0.2, 0.25) is 5.02 Å². The highest BCUT2D eigenvalue weighted by molar-refractivity contribution is 6.30. The normalized spacial score (nSPS) is 17.1. The fourth-order valence-corrected chi connectivity index (χ4v) is 2.68. The number of ether oxygens (including phenoxy) is 1. The van der Waals surface area contributed by atoms with Crippen LogP contribution in [0.3, 0.4) is 0 Å². The van der Waals surface area contributed by atoms with E-state index in [1.54, 1.807) is 12.1 Å². The molecule has 2 nitrogen and oxygen atoms in total. The molecule has 2 aromatic carbocycles. The van der Waals surface area contributed by atoms with Crippen molar-refractivity contribution >= 4 is 11.6 Å². The van der Waals surface area contributed by atoms with E-state index in [2.05, 4.69) is 0 Å². The van der Waals surface area contributed by atoms with Gasteiger partial charge in [0.1, 0.15) is 18.2 Å². The van der Waals surface area contributed by atoms with Gasteiger partial charge in [-0.25, -0.2) is 4.39 Å². The molecule has 2 N–H and O–H groups in total. The molecule has 104 valence electrons. The largest absolute Gasteiger partial charge is 0.489 e. The Morgan fingerprint density at radius 3 is 2.90 bits per heavy atom. The molecule has 1 aliphatic rings. The van der Waals surface area contributed by atoms with Gasteiger partial charge in [0.25, 0.3) is 0 Å². The first-order valence-electron chi connectivity index (χ1n) is 6.58. The molecule has 0 fully saturated rings. The first-order chi connectivity index (χ1) is 9.63. The fraction of sp³-hybridized carbons (Fsp3) is 0.250. The van der Waals surface area contributed by atoms with Crippen LogP contribution in [0.5, 0.6) is 5.75 Å². The maximum absolute atomic E-state index is 13.6. The van der Waals surface area contributed by atoms with Crippen molar-refractivity contribution in [1.82, 2.24) is 0 Å². The van der Waals surface area contributed by atoms with Crippen molar-refractivity contribution in [3.63, 3.8) is 0 Å². The molecule has 4 heteroatoms. The second-order valence-corrected chi connectivity index (χ2v) is 5.47. The first kappa shape index (κ1) is 13.4. The third-order valence-electron chi connectivity index (χ3n) is 3.65. The zero-order valence-electron chi connectivity index (χ0n) is 10.9. The van der Waals surface area contributed by atoms with Gasteiger partial charge in [-0.2, -0.15) is 0 Å². The van der Waals surface area contributed by atoms with Crippen LogP contribution in [0.4, 0.5) is 4.39 Å². The lowest BCUT2D eigenvalue weighted by molar-refractivity contribution is 0.299. The van der Waals surface area contributed by atoms with Crippen molar-refractivity contribution in [2.24, 2.45) is 5.73 Å². The molecule has 1 atom stereocenters. The number of benzene rings is 2. The van der Waals surface area contributed by atoms with Crippen LogP contribution in [-0.2, 0) is 13.0 Å². The summed E-state index contributed by atoms with van der Waals surface area (Å²) in [6, 6.07) is 10.6. The summed E-state index contributed by atoms with van der Waals surface area (Å²) >= 11 is 5.72. The molecule has 20 heavy (non-hydrogen) atoms. The van der Waals surface area contributed by atoms with Gasteiger partial charge in [0.2, 0.25) is 0 Å². The number of rotatable bonds is 3. The molecule has 0 heterocycles. The maximum atomic E-state index is 13.6. The number of aryl methyl sites for hydroxylation is 1. The van der Waals surface area contributed by atoms with Crippen LogP contribution in [0.25, 0.3) is 0 Å². The summed E-state index contributed by atoms with van der Waals surface area (Å²) in [7, 11) is 0. The van der Waals surface area contributed by atoms with Crippen molar-refractivity contribution < 1.29 is 9.13 Å². The molecule has 0 aliphatic heterocycles. The highest BCUT2D eigenvalue weighted by Crippen LogP contribution is 2.32. The van der Waals surface area contributed by atoms with E-state index in [1.807, 2.05) is 18.2 Å². The second kappa shape index (κ2) is 5.43. The molecule has 0 aromatic heterocycles. The molecule has 0 bridgehead atoms. The highest BCUT2D eigenvalue weighted by Gasteiger charge is 2.19. The third kappa shape index (κ3) is 2.65. The SMILES string of the molecule is NC1CCc2cc(OCc3ccc(Cl)cc3F)ccc21. The van der Waals surface area contributed by atoms with Crippen LogP contribution in [0.15, 0.2) is 36.4 Å². The number of nitrogens with two attached hydrogens (primary N) is 1. The Labute approximate surface area is 122 Å². The lowest BCUT2D eigenvalue weighted by Crippen LogP contribution is -2.05. The highest BCUT2D eigenvalue weighted by atomic mass is 35.5. The smallest absolute Gasteiger partial charge is 0.131 e. The minimum atomic E-state index is -0.347. The van der Waals surface area contributed by atoms with Gasteiger partial charge < -0.3 is 10.5 Å². The molecular formula is C16H15ClFNO. The number of hydrogen-bond acceptors (Lipinski definition) is 2. The Balaban J connectivity index is 1.73. The molecule has 3 rings (SSSR count). The molecule has 1 unspecified atom stereocenters. The van der Waals surface area contributed by atoms with Gasteiger partial charge in [-0.3, -0.25) is 0 Å². The Kier molecular flexibility index (Phi) is 3.64. The Morgan fingerprint density at radius 1 is 1.25 bits per heavy atom. The lowest BCUT2D eigenvalue weighted by Gasteiger charge is -2.10. The second-order valence-electron chi connectivity index (χ2n) is 5.03. The van der Waals surface area contributed by atoms with Gasteiger partial charge in [-0.05, 0) is 48.2 Å². The monoisotopic (exact) mass is 291 g/mol. The maximum Gasteiger partial charge on any atom is 0.131 e. The minimum absolute atomic E-state index is 0.132. The molecular weight excluding hydrogens is 277 g/mol. The zero-order chi connectivity index (χ0) is 14.1. The van der Waals surface area contributed by atoms with E-state index in [4.69, 9.17) is 22.1 Å². The Bertz CT molecular complexity index is 644. The zero-order valence-corrected chi connectivity index (χ0v) is 11.7. The van der Waals surface area contributed by atoms with Crippen LogP contribution < -0.4 is 10.5 Å². The van der Waals surface area contributed by atoms with Crippen molar-refractivity contribution in [3.05, 3.63) is 63.9 Å². The molecule has 0 radical (unpaired) electrons. The molecule has 0 spiro atoms. The van der Waals surface area contributed by atoms with E-state index in [0.29, 0.717) is 10.6 Å². The van der Waals surface area contributed by atoms with Crippen LogP contribution in [-0.4, -0.2) is 0 Å². The molecule has 0 saturated carbocycles. The number of fused-ring (bicyclic) bond motifs is 1. The van der Waals surface area contributed by atoms with Crippen molar-refractivity contribution in [1.29, 1.82) is 0 Å². The van der Waals surface area contributed by atoms with Gasteiger partial charge in [0.15, 0.2) is 0 Å². The van der Waals surface area contributed by atoms with Gasteiger partial charge in [0, 0.05) is 16.6 Å². The first-order valence-corrected chi connectivity index (χ1v) is 6.96. The van der Waals surface area contributed by atoms with Crippen LogP contribution in [0.1, 0.15) is 29.2 Å². The predicted molar refractivity (Wildman–Crippen MR) is 77.4 cm³/mol. The van der Waals surface area contributed by atoms with Gasteiger partial charge in [-0.1, -0.05) is 23.7 Å². The van der Waals surface area contributed by atoms with E-state index in [-0.39, 0.29) is 18.5 Å². The Morgan fingerprint density at radius 2 is 2.10 bits per heavy atom. The summed E-state index contributed by atoms with van der Waals surface area (Å²) in [5.41, 5.74) is 8.90. The molecule has 2 aromatic rings. The van der Waals surface area contributed by atoms with Crippen molar-refractivity contribution in [3.8, 4) is 5.75 Å². The summed E-state index contributed by atoms with van der Waals surface area (Å²) in [6.07, 6.45) is 1.95. The minimum Gasteiger partial charge on any atom is -0.489 e. The van der Waals surface area contributed by atoms with E-state index in [9.17, 15) is 4.39 Å². The number of halogens is 2. The van der Waals surface area contributed by atoms with Crippen LogP contribution in [0, 0.1) is 5.82 Å².